The molecule has 2 unspecified atom stereocenters. The lowest BCUT2D eigenvalue weighted by Crippen LogP contribution is -2.31. The highest BCUT2D eigenvalue weighted by Gasteiger charge is 2.31. The van der Waals surface area contributed by atoms with Gasteiger partial charge in [-0.3, -0.25) is 0 Å². The minimum absolute atomic E-state index is 0.539. The highest BCUT2D eigenvalue weighted by atomic mass is 14.8. The fourth-order valence-electron chi connectivity index (χ4n) is 2.80. The average Bonchev–Trinajstić information content (AvgIpc) is 2.15. The Bertz CT molecular complexity index is 163. The largest absolute Gasteiger partial charge is 0.320 e. The molecule has 0 amide bonds. The molecule has 1 saturated carbocycles. The maximum absolute atomic E-state index is 3.27. The van der Waals surface area contributed by atoms with Gasteiger partial charge in [-0.1, -0.05) is 33.6 Å². The van der Waals surface area contributed by atoms with Crippen LogP contribution < -0.4 is 5.32 Å². The van der Waals surface area contributed by atoms with E-state index in [9.17, 15) is 0 Å². The van der Waals surface area contributed by atoms with Crippen molar-refractivity contribution in [3.8, 4) is 0 Å². The third kappa shape index (κ3) is 3.27. The molecule has 1 aliphatic carbocycles. The van der Waals surface area contributed by atoms with Gasteiger partial charge in [0.05, 0.1) is 0 Å². The van der Waals surface area contributed by atoms with Gasteiger partial charge >= 0.3 is 0 Å². The summed E-state index contributed by atoms with van der Waals surface area (Å²) in [7, 11) is 2.06. The van der Waals surface area contributed by atoms with Crippen LogP contribution in [0.25, 0.3) is 0 Å². The van der Waals surface area contributed by atoms with Crippen molar-refractivity contribution in [3.63, 3.8) is 0 Å². The normalized spacial score (nSPS) is 29.1. The van der Waals surface area contributed by atoms with E-state index in [-0.39, 0.29) is 0 Å². The maximum Gasteiger partial charge on any atom is -0.00467 e. The smallest absolute Gasteiger partial charge is 0.00467 e. The van der Waals surface area contributed by atoms with Crippen molar-refractivity contribution in [1.82, 2.24) is 5.32 Å². The molecule has 0 aromatic carbocycles. The van der Waals surface area contributed by atoms with Gasteiger partial charge in [0.25, 0.3) is 0 Å². The Kier molecular flexibility index (Phi) is 4.43. The quantitative estimate of drug-likeness (QED) is 0.728. The molecule has 0 radical (unpaired) electrons. The first kappa shape index (κ1) is 12.0. The molecule has 1 N–H and O–H groups in total. The van der Waals surface area contributed by atoms with Crippen molar-refractivity contribution in [3.05, 3.63) is 0 Å². The minimum atomic E-state index is 0.539. The summed E-state index contributed by atoms with van der Waals surface area (Å²) in [6.07, 6.45) is 7.14. The van der Waals surface area contributed by atoms with Crippen LogP contribution in [-0.4, -0.2) is 13.6 Å². The van der Waals surface area contributed by atoms with Gasteiger partial charge in [0.1, 0.15) is 0 Å². The van der Waals surface area contributed by atoms with Crippen molar-refractivity contribution in [2.24, 2.45) is 17.3 Å². The molecule has 1 nitrogen and oxygen atoms in total. The average molecular weight is 197 g/mol. The lowest BCUT2D eigenvalue weighted by molar-refractivity contribution is 0.121. The van der Waals surface area contributed by atoms with Crippen molar-refractivity contribution in [2.75, 3.05) is 13.6 Å². The Morgan fingerprint density at radius 1 is 1.29 bits per heavy atom. The van der Waals surface area contributed by atoms with E-state index in [0.29, 0.717) is 5.41 Å². The fraction of sp³-hybridized carbons (Fsp3) is 1.00. The molecule has 0 aliphatic heterocycles. The number of nitrogens with one attached hydrogen (secondary N) is 1. The first-order valence-corrected chi connectivity index (χ1v) is 6.21. The summed E-state index contributed by atoms with van der Waals surface area (Å²) < 4.78 is 0. The van der Waals surface area contributed by atoms with Gasteiger partial charge in [-0.25, -0.2) is 0 Å². The second-order valence-electron chi connectivity index (χ2n) is 5.81. The first-order valence-electron chi connectivity index (χ1n) is 6.21. The molecule has 84 valence electrons. The molecule has 0 aromatic heterocycles. The molecular formula is C13H27N. The van der Waals surface area contributed by atoms with Gasteiger partial charge in [0.2, 0.25) is 0 Å². The molecule has 1 fully saturated rings. The van der Waals surface area contributed by atoms with Crippen LogP contribution in [0.5, 0.6) is 0 Å². The lowest BCUT2D eigenvalue weighted by Gasteiger charge is -2.39. The summed E-state index contributed by atoms with van der Waals surface area (Å²) in [5.74, 6) is 1.92. The summed E-state index contributed by atoms with van der Waals surface area (Å²) in [4.78, 5) is 0. The molecule has 0 spiro atoms. The zero-order valence-electron chi connectivity index (χ0n) is 10.4. The molecule has 1 rings (SSSR count). The van der Waals surface area contributed by atoms with E-state index in [1.807, 2.05) is 0 Å². The van der Waals surface area contributed by atoms with Crippen molar-refractivity contribution in [1.29, 1.82) is 0 Å². The third-order valence-electron chi connectivity index (χ3n) is 4.06. The lowest BCUT2D eigenvalue weighted by atomic mass is 9.67. The summed E-state index contributed by atoms with van der Waals surface area (Å²) in [5.41, 5.74) is 0.539. The van der Waals surface area contributed by atoms with Gasteiger partial charge in [-0.15, -0.1) is 0 Å². The Hall–Kier alpha value is -0.0400. The molecule has 0 heterocycles. The summed E-state index contributed by atoms with van der Waals surface area (Å²) in [5, 5.41) is 3.27. The predicted octanol–water partition coefficient (Wildman–Crippen LogP) is 3.45. The molecule has 0 bridgehead atoms. The van der Waals surface area contributed by atoms with Gasteiger partial charge < -0.3 is 5.32 Å². The second-order valence-corrected chi connectivity index (χ2v) is 5.81. The van der Waals surface area contributed by atoms with Crippen molar-refractivity contribution >= 4 is 0 Å². The third-order valence-corrected chi connectivity index (χ3v) is 4.06. The standard InChI is InChI=1S/C13H27N/c1-11-6-5-7-12(10-11)13(2,3)8-9-14-4/h11-12,14H,5-10H2,1-4H3. The zero-order chi connectivity index (χ0) is 10.6. The Morgan fingerprint density at radius 3 is 2.57 bits per heavy atom. The highest BCUT2D eigenvalue weighted by molar-refractivity contribution is 4.83. The van der Waals surface area contributed by atoms with E-state index >= 15 is 0 Å². The van der Waals surface area contributed by atoms with Crippen LogP contribution in [0.1, 0.15) is 52.9 Å². The summed E-state index contributed by atoms with van der Waals surface area (Å²) in [6.45, 7) is 8.48. The molecule has 0 aromatic rings. The molecule has 2 atom stereocenters. The van der Waals surface area contributed by atoms with E-state index in [1.165, 1.54) is 32.1 Å². The van der Waals surface area contributed by atoms with Gasteiger partial charge in [-0.2, -0.15) is 0 Å². The summed E-state index contributed by atoms with van der Waals surface area (Å²) in [6, 6.07) is 0. The van der Waals surface area contributed by atoms with Crippen molar-refractivity contribution < 1.29 is 0 Å². The molecular weight excluding hydrogens is 170 g/mol. The molecule has 1 heteroatoms. The second kappa shape index (κ2) is 5.16. The molecule has 1 aliphatic rings. The number of hydrogen-bond donors (Lipinski definition) is 1. The van der Waals surface area contributed by atoms with Crippen LogP contribution in [0.3, 0.4) is 0 Å². The first-order chi connectivity index (χ1) is 6.56. The van der Waals surface area contributed by atoms with E-state index in [0.717, 1.165) is 18.4 Å². The van der Waals surface area contributed by atoms with Crippen molar-refractivity contribution in [2.45, 2.75) is 52.9 Å². The van der Waals surface area contributed by atoms with Crippen LogP contribution in [0.2, 0.25) is 0 Å². The van der Waals surface area contributed by atoms with Gasteiger partial charge in [0, 0.05) is 0 Å². The Labute approximate surface area is 89.7 Å². The SMILES string of the molecule is CNCCC(C)(C)C1CCCC(C)C1. The molecule has 14 heavy (non-hydrogen) atoms. The van der Waals surface area contributed by atoms with Crippen LogP contribution >= 0.6 is 0 Å². The van der Waals surface area contributed by atoms with Gasteiger partial charge in [0.15, 0.2) is 0 Å². The van der Waals surface area contributed by atoms with Crippen LogP contribution in [0.4, 0.5) is 0 Å². The Balaban J connectivity index is 2.43. The predicted molar refractivity (Wildman–Crippen MR) is 63.4 cm³/mol. The summed E-state index contributed by atoms with van der Waals surface area (Å²) >= 11 is 0. The maximum atomic E-state index is 3.27. The number of rotatable bonds is 4. The zero-order valence-corrected chi connectivity index (χ0v) is 10.4. The van der Waals surface area contributed by atoms with E-state index in [1.54, 1.807) is 0 Å². The minimum Gasteiger partial charge on any atom is -0.320 e. The van der Waals surface area contributed by atoms with Gasteiger partial charge in [-0.05, 0) is 50.1 Å². The van der Waals surface area contributed by atoms with E-state index < -0.39 is 0 Å². The van der Waals surface area contributed by atoms with Crippen LogP contribution in [0.15, 0.2) is 0 Å². The molecule has 0 saturated heterocycles. The fourth-order valence-corrected chi connectivity index (χ4v) is 2.80. The topological polar surface area (TPSA) is 12.0 Å². The Morgan fingerprint density at radius 2 is 2.00 bits per heavy atom. The number of hydrogen-bond acceptors (Lipinski definition) is 1. The van der Waals surface area contributed by atoms with Crippen LogP contribution in [0, 0.1) is 17.3 Å². The monoisotopic (exact) mass is 197 g/mol. The van der Waals surface area contributed by atoms with E-state index in [2.05, 4.69) is 33.1 Å². The highest BCUT2D eigenvalue weighted by Crippen LogP contribution is 2.42. The van der Waals surface area contributed by atoms with Crippen LogP contribution in [-0.2, 0) is 0 Å². The van der Waals surface area contributed by atoms with E-state index in [4.69, 9.17) is 0 Å².